The van der Waals surface area contributed by atoms with Crippen molar-refractivity contribution in [2.24, 2.45) is 0 Å². The van der Waals surface area contributed by atoms with Crippen molar-refractivity contribution in [2.75, 3.05) is 33.7 Å². The van der Waals surface area contributed by atoms with Crippen LogP contribution in [0.1, 0.15) is 40.0 Å². The number of hydrogen-bond donors (Lipinski definition) is 1. The van der Waals surface area contributed by atoms with Gasteiger partial charge in [-0.05, 0) is 25.0 Å². The number of amides is 5. The summed E-state index contributed by atoms with van der Waals surface area (Å²) >= 11 is 0. The van der Waals surface area contributed by atoms with Gasteiger partial charge in [-0.2, -0.15) is 0 Å². The lowest BCUT2D eigenvalue weighted by Gasteiger charge is -2.34. The van der Waals surface area contributed by atoms with E-state index in [0.717, 1.165) is 4.90 Å². The number of imide groups is 1. The normalized spacial score (nSPS) is 17.1. The molecule has 3 rings (SSSR count). The Bertz CT molecular complexity index is 734. The third kappa shape index (κ3) is 3.94. The first-order valence-electron chi connectivity index (χ1n) is 9.09. The van der Waals surface area contributed by atoms with E-state index in [1.807, 2.05) is 0 Å². The summed E-state index contributed by atoms with van der Waals surface area (Å²) in [6.45, 7) is 1.26. The fourth-order valence-corrected chi connectivity index (χ4v) is 3.45. The zero-order chi connectivity index (χ0) is 19.6. The highest BCUT2D eigenvalue weighted by atomic mass is 16.2. The summed E-state index contributed by atoms with van der Waals surface area (Å²) in [5, 5.41) is 2.94. The van der Waals surface area contributed by atoms with Gasteiger partial charge in [-0.1, -0.05) is 12.1 Å². The molecule has 2 aliphatic heterocycles. The fraction of sp³-hybridized carbons (Fsp3) is 0.474. The average molecular weight is 372 g/mol. The van der Waals surface area contributed by atoms with Crippen molar-refractivity contribution in [1.82, 2.24) is 20.0 Å². The minimum absolute atomic E-state index is 0.00545. The SMILES string of the molecule is CN(C)C(=O)N1CCC(NC(=O)CCN2C(=O)c3ccccc3C2=O)CC1. The van der Waals surface area contributed by atoms with Crippen molar-refractivity contribution in [1.29, 1.82) is 0 Å². The van der Waals surface area contributed by atoms with Crippen LogP contribution >= 0.6 is 0 Å². The number of fused-ring (bicyclic) bond motifs is 1. The summed E-state index contributed by atoms with van der Waals surface area (Å²) in [6, 6.07) is 6.66. The van der Waals surface area contributed by atoms with Gasteiger partial charge in [0.1, 0.15) is 0 Å². The Hall–Kier alpha value is -2.90. The highest BCUT2D eigenvalue weighted by Crippen LogP contribution is 2.22. The average Bonchev–Trinajstić information content (AvgIpc) is 2.91. The van der Waals surface area contributed by atoms with Gasteiger partial charge in [-0.3, -0.25) is 19.3 Å². The third-order valence-electron chi connectivity index (χ3n) is 4.95. The molecule has 0 aromatic heterocycles. The Morgan fingerprint density at radius 1 is 1.07 bits per heavy atom. The van der Waals surface area contributed by atoms with Gasteiger partial charge in [0.25, 0.3) is 11.8 Å². The molecule has 0 bridgehead atoms. The van der Waals surface area contributed by atoms with Gasteiger partial charge >= 0.3 is 6.03 Å². The van der Waals surface area contributed by atoms with E-state index in [1.54, 1.807) is 48.2 Å². The summed E-state index contributed by atoms with van der Waals surface area (Å²) in [7, 11) is 3.44. The van der Waals surface area contributed by atoms with Crippen molar-refractivity contribution in [2.45, 2.75) is 25.3 Å². The minimum atomic E-state index is -0.348. The molecule has 1 N–H and O–H groups in total. The van der Waals surface area contributed by atoms with E-state index in [9.17, 15) is 19.2 Å². The quantitative estimate of drug-likeness (QED) is 0.797. The van der Waals surface area contributed by atoms with Crippen LogP contribution in [0.5, 0.6) is 0 Å². The van der Waals surface area contributed by atoms with Gasteiger partial charge in [0.15, 0.2) is 0 Å². The number of benzene rings is 1. The van der Waals surface area contributed by atoms with Crippen LogP contribution in [0.25, 0.3) is 0 Å². The zero-order valence-electron chi connectivity index (χ0n) is 15.6. The van der Waals surface area contributed by atoms with Crippen molar-refractivity contribution in [3.63, 3.8) is 0 Å². The summed E-state index contributed by atoms with van der Waals surface area (Å²) in [5.41, 5.74) is 0.779. The van der Waals surface area contributed by atoms with Crippen molar-refractivity contribution >= 4 is 23.8 Å². The standard InChI is InChI=1S/C19H24N4O4/c1-21(2)19(27)22-10-7-13(8-11-22)20-16(24)9-12-23-17(25)14-5-3-4-6-15(14)18(23)26/h3-6,13H,7-12H2,1-2H3,(H,20,24). The lowest BCUT2D eigenvalue weighted by atomic mass is 10.1. The van der Waals surface area contributed by atoms with Crippen molar-refractivity contribution in [3.8, 4) is 0 Å². The van der Waals surface area contributed by atoms with E-state index in [4.69, 9.17) is 0 Å². The maximum Gasteiger partial charge on any atom is 0.319 e. The number of nitrogens with one attached hydrogen (secondary N) is 1. The van der Waals surface area contributed by atoms with Crippen LogP contribution in [0, 0.1) is 0 Å². The number of urea groups is 1. The van der Waals surface area contributed by atoms with E-state index in [0.29, 0.717) is 37.1 Å². The van der Waals surface area contributed by atoms with Crippen LogP contribution in [0.3, 0.4) is 0 Å². The van der Waals surface area contributed by atoms with Gasteiger partial charge in [-0.25, -0.2) is 4.79 Å². The molecule has 1 aromatic rings. The molecule has 2 heterocycles. The predicted molar refractivity (Wildman–Crippen MR) is 98.2 cm³/mol. The first-order chi connectivity index (χ1) is 12.9. The largest absolute Gasteiger partial charge is 0.353 e. The molecule has 5 amide bonds. The molecular formula is C19H24N4O4. The fourth-order valence-electron chi connectivity index (χ4n) is 3.45. The number of piperidine rings is 1. The van der Waals surface area contributed by atoms with Crippen LogP contribution < -0.4 is 5.32 Å². The Balaban J connectivity index is 1.46. The van der Waals surface area contributed by atoms with Gasteiger partial charge < -0.3 is 15.1 Å². The van der Waals surface area contributed by atoms with E-state index in [1.165, 1.54) is 0 Å². The second-order valence-electron chi connectivity index (χ2n) is 7.06. The number of likely N-dealkylation sites (tertiary alicyclic amines) is 1. The molecule has 0 aliphatic carbocycles. The van der Waals surface area contributed by atoms with Crippen LogP contribution in [-0.4, -0.2) is 78.2 Å². The lowest BCUT2D eigenvalue weighted by Crippen LogP contribution is -2.49. The van der Waals surface area contributed by atoms with Gasteiger partial charge in [0.05, 0.1) is 11.1 Å². The smallest absolute Gasteiger partial charge is 0.319 e. The third-order valence-corrected chi connectivity index (χ3v) is 4.95. The van der Waals surface area contributed by atoms with Gasteiger partial charge in [0.2, 0.25) is 5.91 Å². The van der Waals surface area contributed by atoms with E-state index in [2.05, 4.69) is 5.32 Å². The Morgan fingerprint density at radius 3 is 2.15 bits per heavy atom. The molecule has 27 heavy (non-hydrogen) atoms. The second kappa shape index (κ2) is 7.77. The molecule has 0 spiro atoms. The van der Waals surface area contributed by atoms with Crippen molar-refractivity contribution < 1.29 is 19.2 Å². The van der Waals surface area contributed by atoms with Crippen LogP contribution in [-0.2, 0) is 4.79 Å². The first-order valence-corrected chi connectivity index (χ1v) is 9.09. The van der Waals surface area contributed by atoms with Crippen LogP contribution in [0.4, 0.5) is 4.79 Å². The molecule has 0 radical (unpaired) electrons. The zero-order valence-corrected chi connectivity index (χ0v) is 15.6. The topological polar surface area (TPSA) is 90.0 Å². The van der Waals surface area contributed by atoms with Crippen LogP contribution in [0.15, 0.2) is 24.3 Å². The van der Waals surface area contributed by atoms with Gasteiger partial charge in [-0.15, -0.1) is 0 Å². The number of carbonyl (C=O) groups is 4. The molecule has 0 atom stereocenters. The molecule has 1 fully saturated rings. The molecule has 1 saturated heterocycles. The predicted octanol–water partition coefficient (Wildman–Crippen LogP) is 0.935. The van der Waals surface area contributed by atoms with E-state index in [-0.39, 0.29) is 42.8 Å². The number of hydrogen-bond acceptors (Lipinski definition) is 4. The summed E-state index contributed by atoms with van der Waals surface area (Å²) in [5.74, 6) is -0.887. The number of nitrogens with zero attached hydrogens (tertiary/aromatic N) is 3. The Kier molecular flexibility index (Phi) is 5.43. The maximum absolute atomic E-state index is 12.3. The summed E-state index contributed by atoms with van der Waals surface area (Å²) in [6.07, 6.45) is 1.46. The van der Waals surface area contributed by atoms with Gasteiger partial charge in [0, 0.05) is 46.2 Å². The van der Waals surface area contributed by atoms with E-state index < -0.39 is 0 Å². The molecule has 0 saturated carbocycles. The Morgan fingerprint density at radius 2 is 1.63 bits per heavy atom. The summed E-state index contributed by atoms with van der Waals surface area (Å²) in [4.78, 5) is 53.2. The lowest BCUT2D eigenvalue weighted by molar-refractivity contribution is -0.122. The molecule has 1 aromatic carbocycles. The molecule has 144 valence electrons. The first kappa shape index (κ1) is 18.9. The molecule has 8 nitrogen and oxygen atoms in total. The number of carbonyl (C=O) groups excluding carboxylic acids is 4. The van der Waals surface area contributed by atoms with E-state index >= 15 is 0 Å². The molecule has 0 unspecified atom stereocenters. The second-order valence-corrected chi connectivity index (χ2v) is 7.06. The number of rotatable bonds is 4. The monoisotopic (exact) mass is 372 g/mol. The van der Waals surface area contributed by atoms with Crippen molar-refractivity contribution in [3.05, 3.63) is 35.4 Å². The Labute approximate surface area is 158 Å². The van der Waals surface area contributed by atoms with Crippen LogP contribution in [0.2, 0.25) is 0 Å². The maximum atomic E-state index is 12.3. The molecule has 2 aliphatic rings. The highest BCUT2D eigenvalue weighted by Gasteiger charge is 2.35. The summed E-state index contributed by atoms with van der Waals surface area (Å²) < 4.78 is 0. The molecular weight excluding hydrogens is 348 g/mol. The molecule has 8 heteroatoms. The minimum Gasteiger partial charge on any atom is -0.353 e. The highest BCUT2D eigenvalue weighted by molar-refractivity contribution is 6.21.